The zero-order valence-electron chi connectivity index (χ0n) is 33.4. The number of ether oxygens (including phenoxy) is 4. The van der Waals surface area contributed by atoms with Gasteiger partial charge in [-0.1, -0.05) is 130 Å². The Morgan fingerprint density at radius 1 is 0.582 bits per heavy atom. The van der Waals surface area contributed by atoms with Gasteiger partial charge in [0.15, 0.2) is 12.4 Å². The van der Waals surface area contributed by atoms with Gasteiger partial charge < -0.3 is 39.4 Å². The second-order valence-corrected chi connectivity index (χ2v) is 13.3. The lowest BCUT2D eigenvalue weighted by Crippen LogP contribution is -2.59. The molecule has 0 aliphatic carbocycles. The van der Waals surface area contributed by atoms with Crippen molar-refractivity contribution in [2.75, 3.05) is 19.8 Å². The van der Waals surface area contributed by atoms with Crippen LogP contribution in [0.4, 0.5) is 0 Å². The molecule has 0 amide bonds. The van der Waals surface area contributed by atoms with Gasteiger partial charge in [0.25, 0.3) is 0 Å². The van der Waals surface area contributed by atoms with E-state index < -0.39 is 55.4 Å². The fraction of sp³-hybridized carbons (Fsp3) is 0.600. The lowest BCUT2D eigenvalue weighted by molar-refractivity contribution is -0.305. The molecular weight excluding hydrogens is 700 g/mol. The summed E-state index contributed by atoms with van der Waals surface area (Å²) in [6.45, 7) is 3.04. The third-order valence-corrected chi connectivity index (χ3v) is 8.50. The SMILES string of the molecule is CC/C=C\C/C=C\C/C=C\C/C=C\C/C=C\CC(=O)OC(COC(=O)CCCCCCC/C=C\C/C=C\C/C=C\CC)COC1OC(CO)C(O)C(O)C1O. The Morgan fingerprint density at radius 3 is 1.62 bits per heavy atom. The fourth-order valence-corrected chi connectivity index (χ4v) is 5.33. The number of rotatable bonds is 31. The summed E-state index contributed by atoms with van der Waals surface area (Å²) in [6.07, 6.45) is 38.7. The normalized spacial score (nSPS) is 21.6. The van der Waals surface area contributed by atoms with Crippen LogP contribution in [0.5, 0.6) is 0 Å². The number of unbranched alkanes of at least 4 members (excludes halogenated alkanes) is 5. The molecular formula is C45H70O10. The Hall–Kier alpha value is -3.38. The summed E-state index contributed by atoms with van der Waals surface area (Å²) in [6, 6.07) is 0. The van der Waals surface area contributed by atoms with E-state index in [4.69, 9.17) is 18.9 Å². The molecule has 0 spiro atoms. The van der Waals surface area contributed by atoms with Gasteiger partial charge >= 0.3 is 11.9 Å². The molecule has 1 aliphatic rings. The second kappa shape index (κ2) is 35.1. The van der Waals surface area contributed by atoms with E-state index >= 15 is 0 Å². The molecule has 0 saturated carbocycles. The van der Waals surface area contributed by atoms with Crippen LogP contribution in [0.3, 0.4) is 0 Å². The van der Waals surface area contributed by atoms with Crippen LogP contribution in [0.25, 0.3) is 0 Å². The summed E-state index contributed by atoms with van der Waals surface area (Å²) >= 11 is 0. The summed E-state index contributed by atoms with van der Waals surface area (Å²) in [7, 11) is 0. The van der Waals surface area contributed by atoms with Crippen LogP contribution in [0.15, 0.2) is 97.2 Å². The van der Waals surface area contributed by atoms with Crippen LogP contribution in [0, 0.1) is 0 Å². The molecule has 10 heteroatoms. The Bertz CT molecular complexity index is 1210. The lowest BCUT2D eigenvalue weighted by Gasteiger charge is -2.39. The van der Waals surface area contributed by atoms with Crippen molar-refractivity contribution in [3.05, 3.63) is 97.2 Å². The Kier molecular flexibility index (Phi) is 31.6. The summed E-state index contributed by atoms with van der Waals surface area (Å²) in [5.74, 6) is -0.987. The second-order valence-electron chi connectivity index (χ2n) is 13.3. The molecule has 1 aliphatic heterocycles. The number of carbonyl (C=O) groups is 2. The fourth-order valence-electron chi connectivity index (χ4n) is 5.33. The van der Waals surface area contributed by atoms with Crippen molar-refractivity contribution in [3.8, 4) is 0 Å². The van der Waals surface area contributed by atoms with E-state index in [0.717, 1.165) is 77.0 Å². The quantitative estimate of drug-likeness (QED) is 0.0310. The maximum atomic E-state index is 12.7. The molecule has 0 aromatic carbocycles. The first kappa shape index (κ1) is 49.6. The van der Waals surface area contributed by atoms with Gasteiger partial charge in [-0.2, -0.15) is 0 Å². The van der Waals surface area contributed by atoms with Gasteiger partial charge in [-0.15, -0.1) is 0 Å². The van der Waals surface area contributed by atoms with Crippen LogP contribution in [0.1, 0.15) is 117 Å². The average Bonchev–Trinajstić information content (AvgIpc) is 3.18. The maximum absolute atomic E-state index is 12.7. The predicted molar refractivity (Wildman–Crippen MR) is 219 cm³/mol. The predicted octanol–water partition coefficient (Wildman–Crippen LogP) is 7.99. The number of aliphatic hydroxyl groups is 4. The third kappa shape index (κ3) is 27.0. The zero-order chi connectivity index (χ0) is 40.2. The van der Waals surface area contributed by atoms with Gasteiger partial charge in [0.05, 0.1) is 19.6 Å². The molecule has 0 aromatic rings. The smallest absolute Gasteiger partial charge is 0.310 e. The largest absolute Gasteiger partial charge is 0.462 e. The number of hydrogen-bond donors (Lipinski definition) is 4. The molecule has 10 nitrogen and oxygen atoms in total. The van der Waals surface area contributed by atoms with E-state index in [-0.39, 0.29) is 26.1 Å². The van der Waals surface area contributed by atoms with Crippen molar-refractivity contribution >= 4 is 11.9 Å². The van der Waals surface area contributed by atoms with E-state index in [1.807, 2.05) is 12.2 Å². The van der Waals surface area contributed by atoms with E-state index in [1.54, 1.807) is 6.08 Å². The van der Waals surface area contributed by atoms with Gasteiger partial charge in [0.1, 0.15) is 31.0 Å². The van der Waals surface area contributed by atoms with Crippen LogP contribution in [-0.2, 0) is 28.5 Å². The van der Waals surface area contributed by atoms with E-state index in [2.05, 4.69) is 92.8 Å². The minimum absolute atomic E-state index is 0.0121. The van der Waals surface area contributed by atoms with Crippen molar-refractivity contribution in [2.45, 2.75) is 153 Å². The monoisotopic (exact) mass is 770 g/mol. The molecule has 6 atom stereocenters. The topological polar surface area (TPSA) is 152 Å². The molecule has 6 unspecified atom stereocenters. The van der Waals surface area contributed by atoms with Crippen molar-refractivity contribution in [3.63, 3.8) is 0 Å². The molecule has 1 saturated heterocycles. The average molecular weight is 771 g/mol. The summed E-state index contributed by atoms with van der Waals surface area (Å²) in [5, 5.41) is 40.0. The molecule has 1 fully saturated rings. The molecule has 55 heavy (non-hydrogen) atoms. The number of carbonyl (C=O) groups excluding carboxylic acids is 2. The van der Waals surface area contributed by atoms with Crippen molar-refractivity contribution in [1.29, 1.82) is 0 Å². The van der Waals surface area contributed by atoms with Crippen LogP contribution < -0.4 is 0 Å². The maximum Gasteiger partial charge on any atom is 0.310 e. The molecule has 0 radical (unpaired) electrons. The number of aliphatic hydroxyl groups excluding tert-OH is 4. The lowest BCUT2D eigenvalue weighted by atomic mass is 9.99. The minimum Gasteiger partial charge on any atom is -0.462 e. The molecule has 1 heterocycles. The summed E-state index contributed by atoms with van der Waals surface area (Å²) in [5.41, 5.74) is 0. The highest BCUT2D eigenvalue weighted by atomic mass is 16.7. The van der Waals surface area contributed by atoms with Crippen molar-refractivity contribution < 1.29 is 49.0 Å². The first-order valence-electron chi connectivity index (χ1n) is 20.3. The highest BCUT2D eigenvalue weighted by Gasteiger charge is 2.44. The number of hydrogen-bond acceptors (Lipinski definition) is 10. The van der Waals surface area contributed by atoms with Crippen molar-refractivity contribution in [1.82, 2.24) is 0 Å². The molecule has 4 N–H and O–H groups in total. The Morgan fingerprint density at radius 2 is 1.07 bits per heavy atom. The van der Waals surface area contributed by atoms with Crippen LogP contribution >= 0.6 is 0 Å². The van der Waals surface area contributed by atoms with Gasteiger partial charge in [-0.25, -0.2) is 0 Å². The highest BCUT2D eigenvalue weighted by molar-refractivity contribution is 5.71. The molecule has 1 rings (SSSR count). The number of allylic oxidation sites excluding steroid dienone is 15. The summed E-state index contributed by atoms with van der Waals surface area (Å²) < 4.78 is 21.9. The van der Waals surface area contributed by atoms with Gasteiger partial charge in [-0.3, -0.25) is 9.59 Å². The van der Waals surface area contributed by atoms with Gasteiger partial charge in [0.2, 0.25) is 0 Å². The Balaban J connectivity index is 2.46. The molecule has 0 aromatic heterocycles. The first-order chi connectivity index (χ1) is 26.8. The molecule has 310 valence electrons. The first-order valence-corrected chi connectivity index (χ1v) is 20.3. The zero-order valence-corrected chi connectivity index (χ0v) is 33.4. The van der Waals surface area contributed by atoms with E-state index in [1.165, 1.54) is 0 Å². The van der Waals surface area contributed by atoms with E-state index in [0.29, 0.717) is 12.8 Å². The standard InChI is InChI=1S/C45H70O10/c1-3-5-7-9-11-13-15-17-19-21-23-25-27-29-31-33-40(47)52-36-38(37-53-45-44(51)43(50)42(49)39(35-46)55-45)54-41(48)34-32-30-28-26-24-22-20-18-16-14-12-10-8-6-4-2/h5-8,11-14,17-20,24,26,30,32,38-39,42-46,49-51H,3-4,9-10,15-16,21-23,25,27-29,31,33-37H2,1-2H3/b7-5-,8-6-,13-11-,14-12-,19-17-,20-18-,26-24-,32-30-. The number of esters is 2. The van der Waals surface area contributed by atoms with Gasteiger partial charge in [-0.05, 0) is 70.6 Å². The van der Waals surface area contributed by atoms with Crippen molar-refractivity contribution in [2.24, 2.45) is 0 Å². The van der Waals surface area contributed by atoms with Crippen LogP contribution in [0.2, 0.25) is 0 Å². The van der Waals surface area contributed by atoms with E-state index in [9.17, 15) is 30.0 Å². The highest BCUT2D eigenvalue weighted by Crippen LogP contribution is 2.22. The third-order valence-electron chi connectivity index (χ3n) is 8.50. The van der Waals surface area contributed by atoms with Crippen LogP contribution in [-0.4, -0.2) is 89.0 Å². The summed E-state index contributed by atoms with van der Waals surface area (Å²) in [4.78, 5) is 25.2. The Labute approximate surface area is 330 Å². The minimum atomic E-state index is -1.62. The molecule has 0 bridgehead atoms. The van der Waals surface area contributed by atoms with Gasteiger partial charge in [0, 0.05) is 6.42 Å².